The monoisotopic (exact) mass is 363 g/mol. The van der Waals surface area contributed by atoms with Crippen molar-refractivity contribution < 1.29 is 14.6 Å². The number of hydrogen-bond donors (Lipinski definition) is 1. The van der Waals surface area contributed by atoms with Crippen molar-refractivity contribution in [3.05, 3.63) is 78.3 Å². The minimum Gasteiger partial charge on any atom is -0.345 e. The van der Waals surface area contributed by atoms with Gasteiger partial charge in [0.2, 0.25) is 0 Å². The first-order valence-electron chi connectivity index (χ1n) is 7.21. The Morgan fingerprint density at radius 1 is 1.16 bits per heavy atom. The van der Waals surface area contributed by atoms with Crippen LogP contribution in [-0.2, 0) is 0 Å². The van der Waals surface area contributed by atoms with Gasteiger partial charge in [-0.1, -0.05) is 29.8 Å². The molecule has 0 aliphatic rings. The average Bonchev–Trinajstić information content (AvgIpc) is 2.54. The van der Waals surface area contributed by atoms with E-state index in [-0.39, 0.29) is 11.1 Å². The van der Waals surface area contributed by atoms with Gasteiger partial charge < -0.3 is 5.32 Å². The van der Waals surface area contributed by atoms with Crippen LogP contribution in [-0.4, -0.2) is 15.8 Å². The number of benzene rings is 2. The number of amides is 1. The summed E-state index contributed by atoms with van der Waals surface area (Å²) in [5.41, 5.74) is -0.410. The lowest BCUT2D eigenvalue weighted by Gasteiger charge is -2.16. The summed E-state index contributed by atoms with van der Waals surface area (Å²) in [5.74, 6) is -0.656. The molecular formula is C16H14ClN3O5. The number of carbonyl (C=O) groups is 1. The highest BCUT2D eigenvalue weighted by molar-refractivity contribution is 6.31. The van der Waals surface area contributed by atoms with Crippen LogP contribution in [0.2, 0.25) is 5.02 Å². The molecule has 0 spiro atoms. The zero-order valence-electron chi connectivity index (χ0n) is 13.4. The summed E-state index contributed by atoms with van der Waals surface area (Å²) >= 11 is 6.08. The van der Waals surface area contributed by atoms with Crippen molar-refractivity contribution in [3.8, 4) is 0 Å². The third-order valence-electron chi connectivity index (χ3n) is 3.74. The molecule has 25 heavy (non-hydrogen) atoms. The summed E-state index contributed by atoms with van der Waals surface area (Å²) in [6, 6.07) is 8.28. The third-order valence-corrected chi connectivity index (χ3v) is 4.08. The predicted molar refractivity (Wildman–Crippen MR) is 91.8 cm³/mol. The number of non-ortho nitro benzene ring substituents is 1. The molecule has 0 saturated heterocycles. The predicted octanol–water partition coefficient (Wildman–Crippen LogP) is 3.96. The Bertz CT molecular complexity index is 869. The maximum atomic E-state index is 12.5. The quantitative estimate of drug-likeness (QED) is 0.637. The second-order valence-corrected chi connectivity index (χ2v) is 5.78. The molecule has 1 N–H and O–H groups in total. The summed E-state index contributed by atoms with van der Waals surface area (Å²) in [5, 5.41) is 25.2. The molecule has 2 rings (SSSR count). The molecule has 2 aromatic rings. The van der Waals surface area contributed by atoms with Crippen LogP contribution in [0, 0.1) is 27.2 Å². The van der Waals surface area contributed by atoms with Gasteiger partial charge in [-0.05, 0) is 25.5 Å². The van der Waals surface area contributed by atoms with E-state index in [2.05, 4.69) is 5.32 Å². The smallest absolute Gasteiger partial charge is 0.279 e. The first-order chi connectivity index (χ1) is 11.7. The minimum atomic E-state index is -0.777. The van der Waals surface area contributed by atoms with E-state index in [1.54, 1.807) is 31.2 Å². The fourth-order valence-corrected chi connectivity index (χ4v) is 2.69. The lowest BCUT2D eigenvalue weighted by Crippen LogP contribution is -2.27. The fourth-order valence-electron chi connectivity index (χ4n) is 2.39. The molecule has 0 radical (unpaired) electrons. The van der Waals surface area contributed by atoms with E-state index in [0.29, 0.717) is 10.6 Å². The largest absolute Gasteiger partial charge is 0.345 e. The van der Waals surface area contributed by atoms with Crippen LogP contribution < -0.4 is 5.32 Å². The van der Waals surface area contributed by atoms with Crippen molar-refractivity contribution in [2.75, 3.05) is 0 Å². The Kier molecular flexibility index (Phi) is 5.33. The Labute approximate surface area is 147 Å². The van der Waals surface area contributed by atoms with Gasteiger partial charge in [0.05, 0.1) is 27.5 Å². The van der Waals surface area contributed by atoms with E-state index in [9.17, 15) is 25.0 Å². The maximum Gasteiger partial charge on any atom is 0.279 e. The van der Waals surface area contributed by atoms with Crippen molar-refractivity contribution in [1.29, 1.82) is 0 Å². The van der Waals surface area contributed by atoms with Crippen molar-refractivity contribution >= 4 is 28.9 Å². The van der Waals surface area contributed by atoms with E-state index in [0.717, 1.165) is 12.1 Å². The van der Waals surface area contributed by atoms with Crippen LogP contribution in [0.1, 0.15) is 34.5 Å². The highest BCUT2D eigenvalue weighted by Crippen LogP contribution is 2.29. The van der Waals surface area contributed by atoms with Crippen LogP contribution in [0.3, 0.4) is 0 Å². The Hall–Kier alpha value is -3.00. The van der Waals surface area contributed by atoms with Gasteiger partial charge in [-0.25, -0.2) is 0 Å². The molecule has 9 heteroatoms. The Morgan fingerprint density at radius 2 is 1.80 bits per heavy atom. The SMILES string of the molecule is Cc1c(C(=O)NC(C)c2ccccc2Cl)cc([N+](=O)[O-])cc1[N+](=O)[O-]. The summed E-state index contributed by atoms with van der Waals surface area (Å²) < 4.78 is 0. The van der Waals surface area contributed by atoms with Crippen molar-refractivity contribution in [2.24, 2.45) is 0 Å². The topological polar surface area (TPSA) is 115 Å². The zero-order chi connectivity index (χ0) is 18.7. The number of rotatable bonds is 5. The molecule has 0 bridgehead atoms. The normalized spacial score (nSPS) is 11.6. The Morgan fingerprint density at radius 3 is 2.36 bits per heavy atom. The van der Waals surface area contributed by atoms with Crippen LogP contribution in [0.15, 0.2) is 36.4 Å². The van der Waals surface area contributed by atoms with Crippen molar-refractivity contribution in [1.82, 2.24) is 5.32 Å². The van der Waals surface area contributed by atoms with Crippen LogP contribution in [0.4, 0.5) is 11.4 Å². The highest BCUT2D eigenvalue weighted by Gasteiger charge is 2.25. The van der Waals surface area contributed by atoms with E-state index >= 15 is 0 Å². The molecule has 0 saturated carbocycles. The average molecular weight is 364 g/mol. The molecule has 0 fully saturated rings. The van der Waals surface area contributed by atoms with Crippen molar-refractivity contribution in [3.63, 3.8) is 0 Å². The molecule has 2 aromatic carbocycles. The molecular weight excluding hydrogens is 350 g/mol. The number of nitro groups is 2. The summed E-state index contributed by atoms with van der Waals surface area (Å²) in [6.07, 6.45) is 0. The van der Waals surface area contributed by atoms with Gasteiger partial charge >= 0.3 is 0 Å². The van der Waals surface area contributed by atoms with Crippen LogP contribution in [0.25, 0.3) is 0 Å². The fraction of sp³-hybridized carbons (Fsp3) is 0.188. The molecule has 8 nitrogen and oxygen atoms in total. The standard InChI is InChI=1S/C16H14ClN3O5/c1-9-13(7-11(19(22)23)8-15(9)20(24)25)16(21)18-10(2)12-5-3-4-6-14(12)17/h3-8,10H,1-2H3,(H,18,21). The molecule has 0 aromatic heterocycles. The molecule has 1 unspecified atom stereocenters. The van der Waals surface area contributed by atoms with Gasteiger partial charge in [0.1, 0.15) is 0 Å². The second-order valence-electron chi connectivity index (χ2n) is 5.37. The lowest BCUT2D eigenvalue weighted by molar-refractivity contribution is -0.394. The molecule has 1 amide bonds. The maximum absolute atomic E-state index is 12.5. The molecule has 0 aliphatic heterocycles. The number of halogens is 1. The van der Waals surface area contributed by atoms with Crippen molar-refractivity contribution in [2.45, 2.75) is 19.9 Å². The third kappa shape index (κ3) is 3.92. The lowest BCUT2D eigenvalue weighted by atomic mass is 10.0. The van der Waals surface area contributed by atoms with E-state index in [4.69, 9.17) is 11.6 Å². The van der Waals surface area contributed by atoms with E-state index in [1.807, 2.05) is 0 Å². The molecule has 0 heterocycles. The summed E-state index contributed by atoms with van der Waals surface area (Å²) in [4.78, 5) is 33.1. The number of hydrogen-bond acceptors (Lipinski definition) is 5. The number of nitrogens with one attached hydrogen (secondary N) is 1. The minimum absolute atomic E-state index is 0.0551. The number of nitro benzene ring substituents is 2. The van der Waals surface area contributed by atoms with Gasteiger partial charge in [0.15, 0.2) is 0 Å². The van der Waals surface area contributed by atoms with Gasteiger partial charge in [0.25, 0.3) is 17.3 Å². The molecule has 130 valence electrons. The first kappa shape index (κ1) is 18.3. The molecule has 0 aliphatic carbocycles. The van der Waals surface area contributed by atoms with E-state index in [1.165, 1.54) is 6.92 Å². The first-order valence-corrected chi connectivity index (χ1v) is 7.59. The second kappa shape index (κ2) is 7.27. The number of carbonyl (C=O) groups excluding carboxylic acids is 1. The number of nitrogens with zero attached hydrogens (tertiary/aromatic N) is 2. The highest BCUT2D eigenvalue weighted by atomic mass is 35.5. The van der Waals surface area contributed by atoms with Gasteiger partial charge in [0, 0.05) is 16.7 Å². The summed E-state index contributed by atoms with van der Waals surface area (Å²) in [6.45, 7) is 3.07. The van der Waals surface area contributed by atoms with E-state index < -0.39 is 33.2 Å². The van der Waals surface area contributed by atoms with Gasteiger partial charge in [-0.3, -0.25) is 25.0 Å². The van der Waals surface area contributed by atoms with Crippen LogP contribution >= 0.6 is 11.6 Å². The zero-order valence-corrected chi connectivity index (χ0v) is 14.1. The molecule has 1 atom stereocenters. The van der Waals surface area contributed by atoms with Gasteiger partial charge in [-0.15, -0.1) is 0 Å². The summed E-state index contributed by atoms with van der Waals surface area (Å²) in [7, 11) is 0. The van der Waals surface area contributed by atoms with Gasteiger partial charge in [-0.2, -0.15) is 0 Å². The Balaban J connectivity index is 2.40. The van der Waals surface area contributed by atoms with Crippen LogP contribution in [0.5, 0.6) is 0 Å².